The Kier molecular flexibility index (Phi) is 428. The van der Waals surface area contributed by atoms with E-state index in [1.807, 2.05) is 0 Å². The average Bonchev–Trinajstić information content (AvgIpc) is 2.78. The summed E-state index contributed by atoms with van der Waals surface area (Å²) in [5.41, 5.74) is 0. The van der Waals surface area contributed by atoms with Gasteiger partial charge >= 0.3 is 355 Å². The van der Waals surface area contributed by atoms with E-state index in [1.54, 1.807) is 0 Å². The fourth-order valence-electron chi connectivity index (χ4n) is 0. The predicted octanol–water partition coefficient (Wildman–Crippen LogP) is -13.0. The molecule has 15 N–H and O–H groups in total. The summed E-state index contributed by atoms with van der Waals surface area (Å²) < 4.78 is 0. The van der Waals surface area contributed by atoms with E-state index in [0.717, 1.165) is 0 Å². The number of hydrogen-bond donors (Lipinski definition) is 15. The fraction of sp³-hybridized carbons (Fsp3) is 0. The van der Waals surface area contributed by atoms with Gasteiger partial charge in [-0.3, -0.25) is 0 Å². The van der Waals surface area contributed by atoms with Crippen LogP contribution in [-0.2, 0) is 0 Å². The maximum atomic E-state index is 8.36. The van der Waals surface area contributed by atoms with Gasteiger partial charge in [0.25, 0.3) is 76.3 Å². The van der Waals surface area contributed by atoms with Crippen LogP contribution < -0.4 is 0 Å². The van der Waals surface area contributed by atoms with E-state index >= 15 is 0 Å². The monoisotopic (exact) mass is 1230 g/mol. The van der Waals surface area contributed by atoms with Gasteiger partial charge < -0.3 is 78.1 Å². The Hall–Kier alpha value is 0.0000000000000107. The van der Waals surface area contributed by atoms with Crippen LogP contribution in [0.4, 0.5) is 0 Å². The molecule has 0 atom stereocenters. The van der Waals surface area contributed by atoms with Crippen LogP contribution in [0.25, 0.3) is 0 Å². The number of nitrogens with zero attached hydrogens (tertiary/aromatic N) is 15. The molecule has 0 bridgehead atoms. The summed E-state index contributed by atoms with van der Waals surface area (Å²) in [6.07, 6.45) is 0. The van der Waals surface area contributed by atoms with Crippen LogP contribution in [-0.4, -0.2) is 509 Å². The molecule has 0 aliphatic carbocycles. The van der Waals surface area contributed by atoms with E-state index in [4.69, 9.17) is 230 Å². The standard InChI is InChI=1S/15HNO3.12Na.12H/c15*2-1(3)4;;;;;;;;;;;;;;;;;;;;;;;;/h15*(H,2,3,4);;;;;;;;;;;;;;;;;;;;;;;;. The Morgan fingerprint density at radius 1 is 0.125 bits per heavy atom. The third-order valence-electron chi connectivity index (χ3n) is 0. The molecular weight excluding hydrogens is 1210 g/mol. The first-order valence-electron chi connectivity index (χ1n) is 8.48. The van der Waals surface area contributed by atoms with Crippen molar-refractivity contribution in [2.45, 2.75) is 0 Å². The maximum absolute atomic E-state index is 8.36. The van der Waals surface area contributed by atoms with Gasteiger partial charge in [-0.1, -0.05) is 0 Å². The van der Waals surface area contributed by atoms with Crippen molar-refractivity contribution in [3.63, 3.8) is 0 Å². The van der Waals surface area contributed by atoms with E-state index in [0.29, 0.717) is 0 Å². The van der Waals surface area contributed by atoms with Crippen molar-refractivity contribution in [3.05, 3.63) is 152 Å². The molecule has 72 heavy (non-hydrogen) atoms. The van der Waals surface area contributed by atoms with E-state index in [1.165, 1.54) is 0 Å². The summed E-state index contributed by atoms with van der Waals surface area (Å²) in [6.45, 7) is 0. The second kappa shape index (κ2) is 172. The molecule has 0 spiro atoms. The second-order valence-electron chi connectivity index (χ2n) is 3.57. The van der Waals surface area contributed by atoms with Crippen LogP contribution in [0.2, 0.25) is 0 Å². The molecule has 0 fully saturated rings. The molecular formula is H27N15Na12O45. The van der Waals surface area contributed by atoms with Crippen molar-refractivity contribution >= 4 is 355 Å². The number of hydrogen-bond acceptors (Lipinski definition) is 30. The van der Waals surface area contributed by atoms with Crippen LogP contribution in [0.15, 0.2) is 0 Å². The van der Waals surface area contributed by atoms with Gasteiger partial charge in [0.05, 0.1) is 0 Å². The second-order valence-corrected chi connectivity index (χ2v) is 3.57. The van der Waals surface area contributed by atoms with Crippen LogP contribution in [0.1, 0.15) is 0 Å². The van der Waals surface area contributed by atoms with Crippen LogP contribution in [0.3, 0.4) is 0 Å². The first kappa shape index (κ1) is 179. The Bertz CT molecular complexity index is 792. The molecule has 0 aromatic heterocycles. The van der Waals surface area contributed by atoms with E-state index < -0.39 is 76.3 Å². The third-order valence-corrected chi connectivity index (χ3v) is 0. The van der Waals surface area contributed by atoms with Crippen molar-refractivity contribution in [1.29, 1.82) is 0 Å². The first-order chi connectivity index (χ1) is 26.0. The van der Waals surface area contributed by atoms with Crippen molar-refractivity contribution in [2.75, 3.05) is 0 Å². The van der Waals surface area contributed by atoms with Gasteiger partial charge in [-0.15, -0.1) is 152 Å². The van der Waals surface area contributed by atoms with Gasteiger partial charge in [0.2, 0.25) is 0 Å². The topological polar surface area (TPSA) is 951 Å². The van der Waals surface area contributed by atoms with Crippen LogP contribution >= 0.6 is 0 Å². The first-order valence-corrected chi connectivity index (χ1v) is 8.48. The van der Waals surface area contributed by atoms with Gasteiger partial charge in [-0.2, -0.15) is 0 Å². The molecule has 0 unspecified atom stereocenters. The van der Waals surface area contributed by atoms with Crippen molar-refractivity contribution in [3.8, 4) is 0 Å². The summed E-state index contributed by atoms with van der Waals surface area (Å²) >= 11 is 0. The van der Waals surface area contributed by atoms with Gasteiger partial charge in [0, 0.05) is 0 Å². The van der Waals surface area contributed by atoms with Crippen molar-refractivity contribution in [2.24, 2.45) is 0 Å². The molecule has 0 heterocycles. The Balaban J connectivity index is -0.0000000119. The fourth-order valence-corrected chi connectivity index (χ4v) is 0. The zero-order valence-corrected chi connectivity index (χ0v) is 25.7. The molecule has 0 amide bonds. The quantitative estimate of drug-likeness (QED) is 0.0608. The minimum atomic E-state index is -1.50. The molecule has 0 aromatic carbocycles. The molecule has 60 nitrogen and oxygen atoms in total. The molecule has 0 saturated carbocycles. The van der Waals surface area contributed by atoms with Crippen molar-refractivity contribution in [1.82, 2.24) is 0 Å². The summed E-state index contributed by atoms with van der Waals surface area (Å²) in [7, 11) is 0. The summed E-state index contributed by atoms with van der Waals surface area (Å²) in [5.74, 6) is 0. The summed E-state index contributed by atoms with van der Waals surface area (Å²) in [6, 6.07) is 0. The summed E-state index contributed by atoms with van der Waals surface area (Å²) in [5, 5.41) is 205. The van der Waals surface area contributed by atoms with E-state index in [-0.39, 0.29) is 355 Å². The zero-order chi connectivity index (χ0) is 53.7. The van der Waals surface area contributed by atoms with Gasteiger partial charge in [-0.25, -0.2) is 0 Å². The molecule has 0 aromatic rings. The van der Waals surface area contributed by atoms with Gasteiger partial charge in [0.1, 0.15) is 0 Å². The molecule has 384 valence electrons. The van der Waals surface area contributed by atoms with Gasteiger partial charge in [-0.05, 0) is 0 Å². The normalized spacial score (nSPS) is 5.00. The minimum absolute atomic E-state index is 0. The average molecular weight is 1230 g/mol. The zero-order valence-electron chi connectivity index (χ0n) is 25.7. The SMILES string of the molecule is O=[N+]([O-])O.O=[N+]([O-])O.O=[N+]([O-])O.O=[N+]([O-])O.O=[N+]([O-])O.O=[N+]([O-])O.O=[N+]([O-])O.O=[N+]([O-])O.O=[N+]([O-])O.O=[N+]([O-])O.O=[N+]([O-])O.O=[N+]([O-])O.O=[N+]([O-])O.O=[N+]([O-])O.O=[N+]([O-])O.[NaH].[NaH].[NaH].[NaH].[NaH].[NaH].[NaH].[NaH].[NaH].[NaH].[NaH].[NaH]. The number of rotatable bonds is 0. The van der Waals surface area contributed by atoms with Gasteiger partial charge in [0.15, 0.2) is 0 Å². The third kappa shape index (κ3) is 2930000000000000123001195420712960. The van der Waals surface area contributed by atoms with E-state index in [9.17, 15) is 0 Å². The predicted molar refractivity (Wildman–Crippen MR) is 218 cm³/mol. The van der Waals surface area contributed by atoms with Crippen LogP contribution in [0, 0.1) is 152 Å². The molecule has 0 radical (unpaired) electrons. The molecule has 0 aliphatic rings. The molecule has 0 aliphatic heterocycles. The Morgan fingerprint density at radius 2 is 0.125 bits per heavy atom. The molecule has 72 heteroatoms. The summed E-state index contributed by atoms with van der Waals surface area (Å²) in [4.78, 5) is 125. The van der Waals surface area contributed by atoms with E-state index in [2.05, 4.69) is 0 Å². The Labute approximate surface area is 648 Å². The molecule has 0 rings (SSSR count). The molecule has 0 saturated heterocycles. The van der Waals surface area contributed by atoms with Crippen LogP contribution in [0.5, 0.6) is 0 Å². The Morgan fingerprint density at radius 3 is 0.125 bits per heavy atom. The van der Waals surface area contributed by atoms with Crippen molar-refractivity contribution < 1.29 is 154 Å².